The lowest BCUT2D eigenvalue weighted by Crippen LogP contribution is -2.30. The van der Waals surface area contributed by atoms with E-state index in [0.717, 1.165) is 4.90 Å². The second kappa shape index (κ2) is 14.1. The monoisotopic (exact) mass is 595 g/mol. The van der Waals surface area contributed by atoms with E-state index < -0.39 is 11.8 Å². The van der Waals surface area contributed by atoms with Gasteiger partial charge in [-0.3, -0.25) is 14.4 Å². The van der Waals surface area contributed by atoms with Gasteiger partial charge in [-0.1, -0.05) is 42.5 Å². The molecule has 0 saturated carbocycles. The first kappa shape index (κ1) is 29.3. The number of rotatable bonds is 11. The number of ether oxygens (including phenoxy) is 3. The molecule has 4 aromatic carbocycles. The minimum Gasteiger partial charge on any atom is -0.493 e. The largest absolute Gasteiger partial charge is 0.493 e. The highest BCUT2D eigenvalue weighted by molar-refractivity contribution is 8.00. The van der Waals surface area contributed by atoms with E-state index in [1.54, 1.807) is 78.9 Å². The summed E-state index contributed by atoms with van der Waals surface area (Å²) in [4.78, 5) is 39.8. The van der Waals surface area contributed by atoms with Crippen LogP contribution in [0.5, 0.6) is 17.2 Å². The maximum atomic E-state index is 13.5. The summed E-state index contributed by atoms with van der Waals surface area (Å²) in [7, 11) is 0. The number of fused-ring (bicyclic) bond motifs is 1. The van der Waals surface area contributed by atoms with Gasteiger partial charge >= 0.3 is 0 Å². The molecule has 3 N–H and O–H groups in total. The molecular formula is C33H29N3O6S. The Morgan fingerprint density at radius 2 is 1.60 bits per heavy atom. The average molecular weight is 596 g/mol. The van der Waals surface area contributed by atoms with Gasteiger partial charge in [0.05, 0.1) is 12.4 Å². The summed E-state index contributed by atoms with van der Waals surface area (Å²) in [6.07, 6.45) is 1.58. The molecule has 4 aromatic rings. The molecule has 218 valence electrons. The molecule has 0 bridgehead atoms. The van der Waals surface area contributed by atoms with Crippen LogP contribution in [0.3, 0.4) is 0 Å². The predicted octanol–water partition coefficient (Wildman–Crippen LogP) is 5.95. The van der Waals surface area contributed by atoms with E-state index in [-0.39, 0.29) is 24.2 Å². The van der Waals surface area contributed by atoms with Gasteiger partial charge in [0.15, 0.2) is 11.5 Å². The molecule has 0 spiro atoms. The van der Waals surface area contributed by atoms with Gasteiger partial charge in [-0.2, -0.15) is 0 Å². The highest BCUT2D eigenvalue weighted by atomic mass is 32.2. The Labute approximate surface area is 253 Å². The first-order chi connectivity index (χ1) is 21.0. The van der Waals surface area contributed by atoms with E-state index in [0.29, 0.717) is 46.4 Å². The highest BCUT2D eigenvalue weighted by Gasteiger charge is 2.17. The molecule has 1 heterocycles. The number of carbonyl (C=O) groups excluding carboxylic acids is 3. The Balaban J connectivity index is 1.27. The van der Waals surface area contributed by atoms with Gasteiger partial charge in [0.25, 0.3) is 11.8 Å². The third kappa shape index (κ3) is 7.96. The summed E-state index contributed by atoms with van der Waals surface area (Å²) in [6, 6.07) is 28.3. The van der Waals surface area contributed by atoms with Crippen molar-refractivity contribution in [1.82, 2.24) is 5.32 Å². The normalized spacial score (nSPS) is 11.9. The van der Waals surface area contributed by atoms with Crippen molar-refractivity contribution in [3.05, 3.63) is 114 Å². The fourth-order valence-electron chi connectivity index (χ4n) is 4.17. The topological polar surface area (TPSA) is 115 Å². The van der Waals surface area contributed by atoms with Crippen molar-refractivity contribution >= 4 is 46.9 Å². The van der Waals surface area contributed by atoms with Crippen LogP contribution in [0.25, 0.3) is 6.08 Å². The van der Waals surface area contributed by atoms with Crippen molar-refractivity contribution in [2.24, 2.45) is 0 Å². The number of para-hydroxylation sites is 1. The van der Waals surface area contributed by atoms with E-state index >= 15 is 0 Å². The second-order valence-electron chi connectivity index (χ2n) is 9.24. The highest BCUT2D eigenvalue weighted by Crippen LogP contribution is 2.34. The summed E-state index contributed by atoms with van der Waals surface area (Å²) < 4.78 is 16.4. The van der Waals surface area contributed by atoms with Crippen LogP contribution in [0.2, 0.25) is 0 Å². The SMILES string of the molecule is CCOc1ccccc1/C=C(/NC(=O)c1ccccc1)C(=O)Nc1cccc(SCC(=O)Nc2ccc3c(c2)OCO3)c1. The molecule has 5 rings (SSSR count). The van der Waals surface area contributed by atoms with Gasteiger partial charge in [-0.25, -0.2) is 0 Å². The summed E-state index contributed by atoms with van der Waals surface area (Å²) in [6.45, 7) is 2.48. The molecule has 0 radical (unpaired) electrons. The van der Waals surface area contributed by atoms with E-state index in [9.17, 15) is 14.4 Å². The van der Waals surface area contributed by atoms with Crippen LogP contribution < -0.4 is 30.2 Å². The second-order valence-corrected chi connectivity index (χ2v) is 10.3. The number of thioether (sulfide) groups is 1. The minimum atomic E-state index is -0.515. The van der Waals surface area contributed by atoms with E-state index in [1.165, 1.54) is 11.8 Å². The van der Waals surface area contributed by atoms with Crippen LogP contribution in [0.15, 0.2) is 108 Å². The van der Waals surface area contributed by atoms with Crippen LogP contribution >= 0.6 is 11.8 Å². The standard InChI is InChI=1S/C33H29N3O6S/c1-2-40-28-14-7-6-11-23(28)17-27(36-32(38)22-9-4-3-5-10-22)33(39)35-24-12-8-13-26(18-24)43-20-31(37)34-25-15-16-29-30(19-25)42-21-41-29/h3-19H,2,20-21H2,1H3,(H,34,37)(H,35,39)(H,36,38)/b27-17+. The fourth-order valence-corrected chi connectivity index (χ4v) is 4.92. The van der Waals surface area contributed by atoms with Gasteiger partial charge in [0, 0.05) is 33.5 Å². The number of anilines is 2. The van der Waals surface area contributed by atoms with Gasteiger partial charge < -0.3 is 30.2 Å². The van der Waals surface area contributed by atoms with Gasteiger partial charge in [0.2, 0.25) is 12.7 Å². The van der Waals surface area contributed by atoms with Crippen molar-refractivity contribution in [2.75, 3.05) is 29.8 Å². The molecule has 0 unspecified atom stereocenters. The van der Waals surface area contributed by atoms with Gasteiger partial charge in [-0.05, 0) is 61.5 Å². The summed E-state index contributed by atoms with van der Waals surface area (Å²) in [5.41, 5.74) is 2.21. The van der Waals surface area contributed by atoms with Crippen molar-refractivity contribution in [3.63, 3.8) is 0 Å². The molecule has 0 aromatic heterocycles. The third-order valence-corrected chi connectivity index (χ3v) is 7.16. The quantitative estimate of drug-likeness (QED) is 0.145. The lowest BCUT2D eigenvalue weighted by Gasteiger charge is -2.13. The first-order valence-corrected chi connectivity index (χ1v) is 14.5. The minimum absolute atomic E-state index is 0.0437. The van der Waals surface area contributed by atoms with Crippen LogP contribution in [-0.4, -0.2) is 36.9 Å². The zero-order valence-corrected chi connectivity index (χ0v) is 24.1. The Morgan fingerprint density at radius 3 is 2.44 bits per heavy atom. The lowest BCUT2D eigenvalue weighted by molar-refractivity contribution is -0.114. The Kier molecular flexibility index (Phi) is 9.60. The maximum Gasteiger partial charge on any atom is 0.272 e. The number of hydrogen-bond donors (Lipinski definition) is 3. The van der Waals surface area contributed by atoms with Crippen molar-refractivity contribution in [3.8, 4) is 17.2 Å². The van der Waals surface area contributed by atoms with Crippen molar-refractivity contribution in [1.29, 1.82) is 0 Å². The molecule has 0 saturated heterocycles. The number of nitrogens with one attached hydrogen (secondary N) is 3. The smallest absolute Gasteiger partial charge is 0.272 e. The molecule has 9 nitrogen and oxygen atoms in total. The van der Waals surface area contributed by atoms with Gasteiger partial charge in [-0.15, -0.1) is 11.8 Å². The number of amides is 3. The molecule has 0 atom stereocenters. The summed E-state index contributed by atoms with van der Waals surface area (Å²) in [5, 5.41) is 8.45. The van der Waals surface area contributed by atoms with Crippen LogP contribution in [0.4, 0.5) is 11.4 Å². The average Bonchev–Trinajstić information content (AvgIpc) is 3.49. The summed E-state index contributed by atoms with van der Waals surface area (Å²) >= 11 is 1.32. The molecule has 3 amide bonds. The fraction of sp³-hybridized carbons (Fsp3) is 0.121. The van der Waals surface area contributed by atoms with E-state index in [4.69, 9.17) is 14.2 Å². The predicted molar refractivity (Wildman–Crippen MR) is 166 cm³/mol. The van der Waals surface area contributed by atoms with E-state index in [2.05, 4.69) is 16.0 Å². The first-order valence-electron chi connectivity index (χ1n) is 13.5. The van der Waals surface area contributed by atoms with E-state index in [1.807, 2.05) is 31.2 Å². The Morgan fingerprint density at radius 1 is 0.837 bits per heavy atom. The molecule has 0 aliphatic carbocycles. The molecular weight excluding hydrogens is 566 g/mol. The van der Waals surface area contributed by atoms with Gasteiger partial charge in [0.1, 0.15) is 11.4 Å². The Bertz CT molecular complexity index is 1660. The number of hydrogen-bond acceptors (Lipinski definition) is 7. The third-order valence-electron chi connectivity index (χ3n) is 6.17. The zero-order chi connectivity index (χ0) is 30.0. The summed E-state index contributed by atoms with van der Waals surface area (Å²) in [5.74, 6) is 0.831. The number of benzene rings is 4. The molecule has 43 heavy (non-hydrogen) atoms. The van der Waals surface area contributed by atoms with Crippen molar-refractivity contribution in [2.45, 2.75) is 11.8 Å². The molecule has 1 aliphatic rings. The maximum absolute atomic E-state index is 13.5. The lowest BCUT2D eigenvalue weighted by atomic mass is 10.1. The van der Waals surface area contributed by atoms with Crippen molar-refractivity contribution < 1.29 is 28.6 Å². The molecule has 1 aliphatic heterocycles. The molecule has 0 fully saturated rings. The van der Waals surface area contributed by atoms with Crippen LogP contribution in [0.1, 0.15) is 22.8 Å². The van der Waals surface area contributed by atoms with Crippen LogP contribution in [0, 0.1) is 0 Å². The molecule has 10 heteroatoms. The van der Waals surface area contributed by atoms with Crippen LogP contribution in [-0.2, 0) is 9.59 Å². The number of carbonyl (C=O) groups is 3. The Hall–Kier alpha value is -5.22. The zero-order valence-electron chi connectivity index (χ0n) is 23.3.